The fourth-order valence-corrected chi connectivity index (χ4v) is 2.02. The first-order valence-electron chi connectivity index (χ1n) is 7.03. The van der Waals surface area contributed by atoms with Gasteiger partial charge in [0.05, 0.1) is 7.11 Å². The Bertz CT molecular complexity index is 491. The molecule has 0 spiro atoms. The maximum atomic E-state index is 11.8. The van der Waals surface area contributed by atoms with E-state index < -0.39 is 0 Å². The third kappa shape index (κ3) is 5.88. The summed E-state index contributed by atoms with van der Waals surface area (Å²) in [6, 6.07) is 7.30. The second kappa shape index (κ2) is 9.04. The Labute approximate surface area is 126 Å². The minimum absolute atomic E-state index is 0.226. The molecule has 0 heterocycles. The van der Waals surface area contributed by atoms with E-state index in [0.717, 1.165) is 17.7 Å². The van der Waals surface area contributed by atoms with Gasteiger partial charge in [-0.3, -0.25) is 4.79 Å². The van der Waals surface area contributed by atoms with Crippen LogP contribution in [0, 0.1) is 18.3 Å². The average molecular weight is 289 g/mol. The summed E-state index contributed by atoms with van der Waals surface area (Å²) in [6.45, 7) is 4.89. The summed E-state index contributed by atoms with van der Waals surface area (Å²) in [6.07, 6.45) is 5.93. The zero-order valence-corrected chi connectivity index (χ0v) is 12.9. The fraction of sp³-hybridized carbons (Fsp3) is 0.471. The van der Waals surface area contributed by atoms with Crippen LogP contribution in [0.4, 0.5) is 0 Å². The first-order chi connectivity index (χ1) is 10.1. The topological polar surface area (TPSA) is 47.6 Å². The number of terminal acetylenes is 1. The largest absolute Gasteiger partial charge is 0.481 e. The minimum atomic E-state index is -0.323. The van der Waals surface area contributed by atoms with Crippen LogP contribution in [0.1, 0.15) is 25.8 Å². The molecule has 0 bridgehead atoms. The molecule has 1 N–H and O–H groups in total. The van der Waals surface area contributed by atoms with Gasteiger partial charge in [-0.1, -0.05) is 38.0 Å². The van der Waals surface area contributed by atoms with E-state index >= 15 is 0 Å². The lowest BCUT2D eigenvalue weighted by atomic mass is 10.0. The molecular weight excluding hydrogens is 266 g/mol. The fourth-order valence-electron chi connectivity index (χ4n) is 2.02. The lowest BCUT2D eigenvalue weighted by Crippen LogP contribution is -2.38. The molecule has 4 heteroatoms. The van der Waals surface area contributed by atoms with E-state index in [1.54, 1.807) is 0 Å². The highest BCUT2D eigenvalue weighted by Crippen LogP contribution is 2.18. The van der Waals surface area contributed by atoms with Crippen LogP contribution in [0.25, 0.3) is 0 Å². The van der Waals surface area contributed by atoms with Gasteiger partial charge in [0.25, 0.3) is 0 Å². The zero-order valence-electron chi connectivity index (χ0n) is 12.9. The predicted molar refractivity (Wildman–Crippen MR) is 82.9 cm³/mol. The number of nitrogens with one attached hydrogen (secondary N) is 1. The van der Waals surface area contributed by atoms with Crippen LogP contribution < -0.4 is 10.1 Å². The number of hydrogen-bond donors (Lipinski definition) is 1. The van der Waals surface area contributed by atoms with Crippen LogP contribution in [0.2, 0.25) is 0 Å². The third-order valence-corrected chi connectivity index (χ3v) is 3.02. The Morgan fingerprint density at radius 1 is 1.38 bits per heavy atom. The van der Waals surface area contributed by atoms with Crippen molar-refractivity contribution in [1.29, 1.82) is 0 Å². The van der Waals surface area contributed by atoms with Gasteiger partial charge in [0.15, 0.2) is 0 Å². The Hall–Kier alpha value is -1.99. The third-order valence-electron chi connectivity index (χ3n) is 3.02. The van der Waals surface area contributed by atoms with Gasteiger partial charge in [-0.2, -0.15) is 0 Å². The lowest BCUT2D eigenvalue weighted by molar-refractivity contribution is -0.143. The van der Waals surface area contributed by atoms with E-state index in [0.29, 0.717) is 12.5 Å². The molecule has 1 unspecified atom stereocenters. The summed E-state index contributed by atoms with van der Waals surface area (Å²) in [5.74, 6) is 3.33. The molecule has 1 aromatic rings. The molecule has 0 aliphatic carbocycles. The summed E-state index contributed by atoms with van der Waals surface area (Å²) >= 11 is 0. The van der Waals surface area contributed by atoms with Gasteiger partial charge < -0.3 is 14.8 Å². The zero-order chi connectivity index (χ0) is 15.7. The highest BCUT2D eigenvalue weighted by atomic mass is 16.5. The molecule has 0 amide bonds. The summed E-state index contributed by atoms with van der Waals surface area (Å²) in [4.78, 5) is 11.8. The number of hydrogen-bond acceptors (Lipinski definition) is 4. The van der Waals surface area contributed by atoms with Crippen LogP contribution in [0.3, 0.4) is 0 Å². The Morgan fingerprint density at radius 2 is 2.10 bits per heavy atom. The standard InChI is InChI=1S/C17H23NO3/c1-5-10-21-16-9-7-6-8-14(16)12-18-15(11-13(2)3)17(19)20-4/h1,6-9,13,15,18H,10-12H2,2-4H3. The molecule has 114 valence electrons. The van der Waals surface area contributed by atoms with Crippen molar-refractivity contribution in [2.24, 2.45) is 5.92 Å². The molecule has 1 aromatic carbocycles. The van der Waals surface area contributed by atoms with Crippen molar-refractivity contribution in [3.63, 3.8) is 0 Å². The molecule has 0 aliphatic rings. The number of ether oxygens (including phenoxy) is 2. The van der Waals surface area contributed by atoms with Crippen molar-refractivity contribution in [3.05, 3.63) is 29.8 Å². The van der Waals surface area contributed by atoms with Crippen molar-refractivity contribution in [1.82, 2.24) is 5.32 Å². The molecule has 0 aliphatic heterocycles. The summed E-state index contributed by atoms with van der Waals surface area (Å²) in [7, 11) is 1.40. The van der Waals surface area contributed by atoms with E-state index in [1.807, 2.05) is 24.3 Å². The van der Waals surface area contributed by atoms with Crippen molar-refractivity contribution < 1.29 is 14.3 Å². The maximum Gasteiger partial charge on any atom is 0.322 e. The predicted octanol–water partition coefficient (Wildman–Crippen LogP) is 2.38. The van der Waals surface area contributed by atoms with E-state index in [2.05, 4.69) is 25.1 Å². The van der Waals surface area contributed by atoms with Crippen LogP contribution in [-0.2, 0) is 16.1 Å². The van der Waals surface area contributed by atoms with Gasteiger partial charge in [-0.05, 0) is 18.4 Å². The number of methoxy groups -OCH3 is 1. The van der Waals surface area contributed by atoms with Crippen LogP contribution in [0.15, 0.2) is 24.3 Å². The van der Waals surface area contributed by atoms with Crippen molar-refractivity contribution in [2.75, 3.05) is 13.7 Å². The van der Waals surface area contributed by atoms with Crippen molar-refractivity contribution >= 4 is 5.97 Å². The van der Waals surface area contributed by atoms with Gasteiger partial charge in [0, 0.05) is 12.1 Å². The Morgan fingerprint density at radius 3 is 2.71 bits per heavy atom. The molecule has 1 atom stereocenters. The second-order valence-electron chi connectivity index (χ2n) is 5.19. The van der Waals surface area contributed by atoms with Crippen LogP contribution >= 0.6 is 0 Å². The molecule has 21 heavy (non-hydrogen) atoms. The molecule has 0 saturated heterocycles. The van der Waals surface area contributed by atoms with Gasteiger partial charge in [0.1, 0.15) is 18.4 Å². The van der Waals surface area contributed by atoms with Gasteiger partial charge in [-0.15, -0.1) is 6.42 Å². The number of carbonyl (C=O) groups excluding carboxylic acids is 1. The summed E-state index contributed by atoms with van der Waals surface area (Å²) < 4.78 is 10.3. The van der Waals surface area contributed by atoms with Crippen LogP contribution in [-0.4, -0.2) is 25.7 Å². The molecule has 0 aromatic heterocycles. The lowest BCUT2D eigenvalue weighted by Gasteiger charge is -2.19. The number of benzene rings is 1. The second-order valence-corrected chi connectivity index (χ2v) is 5.19. The van der Waals surface area contributed by atoms with E-state index in [1.165, 1.54) is 7.11 Å². The summed E-state index contributed by atoms with van der Waals surface area (Å²) in [5.41, 5.74) is 0.963. The highest BCUT2D eigenvalue weighted by molar-refractivity contribution is 5.75. The van der Waals surface area contributed by atoms with Gasteiger partial charge >= 0.3 is 5.97 Å². The van der Waals surface area contributed by atoms with Crippen molar-refractivity contribution in [2.45, 2.75) is 32.9 Å². The van der Waals surface area contributed by atoms with Crippen molar-refractivity contribution in [3.8, 4) is 18.1 Å². The van der Waals surface area contributed by atoms with E-state index in [9.17, 15) is 4.79 Å². The van der Waals surface area contributed by atoms with Gasteiger partial charge in [-0.25, -0.2) is 0 Å². The molecule has 1 rings (SSSR count). The quantitative estimate of drug-likeness (QED) is 0.589. The average Bonchev–Trinajstić information content (AvgIpc) is 2.49. The number of esters is 1. The highest BCUT2D eigenvalue weighted by Gasteiger charge is 2.20. The maximum absolute atomic E-state index is 11.8. The normalized spacial score (nSPS) is 11.8. The monoisotopic (exact) mass is 289 g/mol. The molecular formula is C17H23NO3. The molecule has 4 nitrogen and oxygen atoms in total. The Kier molecular flexibility index (Phi) is 7.34. The van der Waals surface area contributed by atoms with E-state index in [-0.39, 0.29) is 18.6 Å². The van der Waals surface area contributed by atoms with Gasteiger partial charge in [0.2, 0.25) is 0 Å². The Balaban J connectivity index is 2.71. The van der Waals surface area contributed by atoms with E-state index in [4.69, 9.17) is 15.9 Å². The number of rotatable bonds is 8. The van der Waals surface area contributed by atoms with Crippen LogP contribution in [0.5, 0.6) is 5.75 Å². The first-order valence-corrected chi connectivity index (χ1v) is 7.03. The minimum Gasteiger partial charge on any atom is -0.481 e. The molecule has 0 fully saturated rings. The number of para-hydroxylation sites is 1. The summed E-state index contributed by atoms with van der Waals surface area (Å²) in [5, 5.41) is 3.23. The molecule has 0 radical (unpaired) electrons. The first kappa shape index (κ1) is 17.1. The smallest absolute Gasteiger partial charge is 0.322 e. The SMILES string of the molecule is C#CCOc1ccccc1CNC(CC(C)C)C(=O)OC. The molecule has 0 saturated carbocycles. The number of carbonyl (C=O) groups is 1.